The first-order chi connectivity index (χ1) is 12.6. The van der Waals surface area contributed by atoms with Gasteiger partial charge in [0, 0.05) is 5.69 Å². The molecule has 8 heteroatoms. The van der Waals surface area contributed by atoms with Crippen molar-refractivity contribution in [3.8, 4) is 0 Å². The largest absolute Gasteiger partial charge is 0.465 e. The van der Waals surface area contributed by atoms with E-state index in [1.807, 2.05) is 0 Å². The van der Waals surface area contributed by atoms with E-state index in [0.717, 1.165) is 16.1 Å². The molecular weight excluding hydrogens is 368 g/mol. The number of aryl methyl sites for hydroxylation is 1. The molecule has 2 aromatic rings. The molecule has 1 amide bonds. The molecular formula is C19H22N2O5S. The Hall–Kier alpha value is -2.87. The number of amides is 1. The van der Waals surface area contributed by atoms with Gasteiger partial charge in [-0.25, -0.2) is 13.2 Å². The van der Waals surface area contributed by atoms with Crippen molar-refractivity contribution in [3.63, 3.8) is 0 Å². The molecule has 144 valence electrons. The summed E-state index contributed by atoms with van der Waals surface area (Å²) in [4.78, 5) is 24.3. The predicted molar refractivity (Wildman–Crippen MR) is 105 cm³/mol. The van der Waals surface area contributed by atoms with Gasteiger partial charge in [0.05, 0.1) is 24.6 Å². The zero-order valence-electron chi connectivity index (χ0n) is 15.6. The zero-order valence-corrected chi connectivity index (χ0v) is 16.5. The maximum atomic E-state index is 12.5. The van der Waals surface area contributed by atoms with Crippen molar-refractivity contribution < 1.29 is 22.7 Å². The van der Waals surface area contributed by atoms with E-state index in [-0.39, 0.29) is 6.54 Å². The van der Waals surface area contributed by atoms with Crippen LogP contribution in [0.2, 0.25) is 0 Å². The van der Waals surface area contributed by atoms with Gasteiger partial charge in [0.25, 0.3) is 0 Å². The summed E-state index contributed by atoms with van der Waals surface area (Å²) in [7, 11) is -2.39. The van der Waals surface area contributed by atoms with Gasteiger partial charge in [-0.05, 0) is 43.2 Å². The smallest absolute Gasteiger partial charge is 0.338 e. The fourth-order valence-electron chi connectivity index (χ4n) is 2.65. The molecule has 0 aliphatic rings. The lowest BCUT2D eigenvalue weighted by atomic mass is 10.1. The van der Waals surface area contributed by atoms with Gasteiger partial charge in [-0.2, -0.15) is 0 Å². The second-order valence-corrected chi connectivity index (χ2v) is 7.98. The van der Waals surface area contributed by atoms with Crippen molar-refractivity contribution in [1.82, 2.24) is 0 Å². The van der Waals surface area contributed by atoms with E-state index < -0.39 is 21.9 Å². The Kier molecular flexibility index (Phi) is 6.22. The van der Waals surface area contributed by atoms with Crippen molar-refractivity contribution in [2.24, 2.45) is 0 Å². The van der Waals surface area contributed by atoms with Crippen LogP contribution in [0, 0.1) is 13.8 Å². The molecule has 0 aromatic heterocycles. The number of ether oxygens (including phenoxy) is 1. The number of para-hydroxylation sites is 1. The van der Waals surface area contributed by atoms with E-state index in [2.05, 4.69) is 5.32 Å². The van der Waals surface area contributed by atoms with E-state index in [1.54, 1.807) is 56.3 Å². The molecule has 0 unspecified atom stereocenters. The van der Waals surface area contributed by atoms with Gasteiger partial charge in [-0.1, -0.05) is 24.3 Å². The van der Waals surface area contributed by atoms with E-state index >= 15 is 0 Å². The summed E-state index contributed by atoms with van der Waals surface area (Å²) in [6.45, 7) is 3.07. The summed E-state index contributed by atoms with van der Waals surface area (Å²) in [6, 6.07) is 11.8. The molecule has 0 spiro atoms. The van der Waals surface area contributed by atoms with E-state index in [1.165, 1.54) is 7.11 Å². The van der Waals surface area contributed by atoms with Crippen LogP contribution in [0.5, 0.6) is 0 Å². The van der Waals surface area contributed by atoms with Gasteiger partial charge in [-0.15, -0.1) is 0 Å². The molecule has 0 fully saturated rings. The summed E-state index contributed by atoms with van der Waals surface area (Å²) in [5.74, 6) is -1.03. The quantitative estimate of drug-likeness (QED) is 0.765. The molecule has 0 aliphatic heterocycles. The van der Waals surface area contributed by atoms with Crippen molar-refractivity contribution in [2.75, 3.05) is 29.5 Å². The first-order valence-electron chi connectivity index (χ1n) is 8.16. The number of esters is 1. The van der Waals surface area contributed by atoms with Crippen LogP contribution in [0.1, 0.15) is 21.5 Å². The Morgan fingerprint density at radius 1 is 1.07 bits per heavy atom. The molecule has 2 rings (SSSR count). The first kappa shape index (κ1) is 20.4. The minimum Gasteiger partial charge on any atom is -0.465 e. The highest BCUT2D eigenvalue weighted by molar-refractivity contribution is 7.92. The molecule has 27 heavy (non-hydrogen) atoms. The average molecular weight is 390 g/mol. The van der Waals surface area contributed by atoms with Gasteiger partial charge in [0.15, 0.2) is 0 Å². The Morgan fingerprint density at radius 3 is 2.33 bits per heavy atom. The predicted octanol–water partition coefficient (Wildman–Crippen LogP) is 2.49. The third-order valence-corrected chi connectivity index (χ3v) is 5.21. The third-order valence-electron chi connectivity index (χ3n) is 4.08. The van der Waals surface area contributed by atoms with Gasteiger partial charge >= 0.3 is 5.97 Å². The van der Waals surface area contributed by atoms with Crippen molar-refractivity contribution in [2.45, 2.75) is 13.8 Å². The SMILES string of the molecule is COC(=O)c1cccc(NC(=O)CN(c2ccccc2C)S(C)(=O)=O)c1C. The number of anilines is 2. The standard InChI is InChI=1S/C19H22N2O5S/c1-13-8-5-6-11-17(13)21(27(4,24)25)12-18(22)20-16-10-7-9-15(14(16)2)19(23)26-3/h5-11H,12H2,1-4H3,(H,20,22). The van der Waals surface area contributed by atoms with Crippen LogP contribution in [0.3, 0.4) is 0 Å². The highest BCUT2D eigenvalue weighted by Gasteiger charge is 2.23. The summed E-state index contributed by atoms with van der Waals surface area (Å²) >= 11 is 0. The molecule has 2 aromatic carbocycles. The number of hydrogen-bond donors (Lipinski definition) is 1. The number of methoxy groups -OCH3 is 1. The highest BCUT2D eigenvalue weighted by atomic mass is 32.2. The van der Waals surface area contributed by atoms with Crippen LogP contribution in [0.4, 0.5) is 11.4 Å². The molecule has 0 aliphatic carbocycles. The number of carbonyl (C=O) groups is 2. The Labute approximate surface area is 159 Å². The highest BCUT2D eigenvalue weighted by Crippen LogP contribution is 2.23. The maximum Gasteiger partial charge on any atom is 0.338 e. The fraction of sp³-hybridized carbons (Fsp3) is 0.263. The number of hydrogen-bond acceptors (Lipinski definition) is 5. The molecule has 7 nitrogen and oxygen atoms in total. The maximum absolute atomic E-state index is 12.5. The number of rotatable bonds is 6. The number of benzene rings is 2. The van der Waals surface area contributed by atoms with Crippen molar-refractivity contribution >= 4 is 33.3 Å². The van der Waals surface area contributed by atoms with Gasteiger partial charge in [-0.3, -0.25) is 9.10 Å². The van der Waals surface area contributed by atoms with Crippen LogP contribution in [0.25, 0.3) is 0 Å². The van der Waals surface area contributed by atoms with Crippen LogP contribution in [-0.4, -0.2) is 40.2 Å². The number of nitrogens with zero attached hydrogens (tertiary/aromatic N) is 1. The van der Waals surface area contributed by atoms with Crippen LogP contribution >= 0.6 is 0 Å². The average Bonchev–Trinajstić information content (AvgIpc) is 2.60. The lowest BCUT2D eigenvalue weighted by Crippen LogP contribution is -2.38. The summed E-state index contributed by atoms with van der Waals surface area (Å²) < 4.78 is 30.2. The fourth-order valence-corrected chi connectivity index (χ4v) is 3.56. The Morgan fingerprint density at radius 2 is 1.74 bits per heavy atom. The molecule has 0 atom stereocenters. The summed E-state index contributed by atoms with van der Waals surface area (Å²) in [6.07, 6.45) is 1.05. The third kappa shape index (κ3) is 4.85. The van der Waals surface area contributed by atoms with Crippen LogP contribution in [0.15, 0.2) is 42.5 Å². The van der Waals surface area contributed by atoms with Gasteiger partial charge < -0.3 is 10.1 Å². The number of sulfonamides is 1. The van der Waals surface area contributed by atoms with Crippen LogP contribution < -0.4 is 9.62 Å². The zero-order chi connectivity index (χ0) is 20.2. The monoisotopic (exact) mass is 390 g/mol. The van der Waals surface area contributed by atoms with Crippen molar-refractivity contribution in [3.05, 3.63) is 59.2 Å². The number of carbonyl (C=O) groups excluding carboxylic acids is 2. The van der Waals surface area contributed by atoms with Gasteiger partial charge in [0.1, 0.15) is 6.54 Å². The van der Waals surface area contributed by atoms with Gasteiger partial charge in [0.2, 0.25) is 15.9 Å². The second kappa shape index (κ2) is 8.22. The minimum atomic E-state index is -3.67. The minimum absolute atomic E-state index is 0.328. The summed E-state index contributed by atoms with van der Waals surface area (Å²) in [5.41, 5.74) is 2.46. The molecule has 0 heterocycles. The van der Waals surface area contributed by atoms with Crippen molar-refractivity contribution in [1.29, 1.82) is 0 Å². The molecule has 0 bridgehead atoms. The molecule has 0 radical (unpaired) electrons. The Balaban J connectivity index is 2.28. The molecule has 0 saturated carbocycles. The van der Waals surface area contributed by atoms with Crippen LogP contribution in [-0.2, 0) is 19.6 Å². The number of nitrogens with one attached hydrogen (secondary N) is 1. The first-order valence-corrected chi connectivity index (χ1v) is 10.0. The topological polar surface area (TPSA) is 92.8 Å². The lowest BCUT2D eigenvalue weighted by Gasteiger charge is -2.23. The second-order valence-electron chi connectivity index (χ2n) is 6.07. The Bertz CT molecular complexity index is 970. The van der Waals surface area contributed by atoms with E-state index in [4.69, 9.17) is 4.74 Å². The van der Waals surface area contributed by atoms with E-state index in [0.29, 0.717) is 22.5 Å². The normalized spacial score (nSPS) is 11.0. The lowest BCUT2D eigenvalue weighted by molar-refractivity contribution is -0.114. The summed E-state index contributed by atoms with van der Waals surface area (Å²) in [5, 5.41) is 2.67. The van der Waals surface area contributed by atoms with E-state index in [9.17, 15) is 18.0 Å². The molecule has 0 saturated heterocycles. The molecule has 1 N–H and O–H groups in total.